The van der Waals surface area contributed by atoms with Crippen molar-refractivity contribution >= 4 is 49.2 Å². The summed E-state index contributed by atoms with van der Waals surface area (Å²) in [6, 6.07) is 9.01. The quantitative estimate of drug-likeness (QED) is 0.354. The number of nitrogens with one attached hydrogen (secondary N) is 1. The maximum Gasteiger partial charge on any atom is 0.339 e. The SMILES string of the molecule is COc1cc(C2C3=C(CC(C)(C)CC3=O)NC3=C2C(=O)CC(C)(C)C3)cc(Br)c1OS(=O)(=O)c1ccc(Cl)cc1. The van der Waals surface area contributed by atoms with Crippen LogP contribution in [0.1, 0.15) is 64.9 Å². The molecule has 40 heavy (non-hydrogen) atoms. The van der Waals surface area contributed by atoms with Crippen LogP contribution in [0.25, 0.3) is 0 Å². The third-order valence-electron chi connectivity index (χ3n) is 7.60. The van der Waals surface area contributed by atoms with Gasteiger partial charge in [0.15, 0.2) is 23.1 Å². The van der Waals surface area contributed by atoms with E-state index in [4.69, 9.17) is 20.5 Å². The predicted molar refractivity (Wildman–Crippen MR) is 156 cm³/mol. The Bertz CT molecular complexity index is 1550. The Hall–Kier alpha value is -2.62. The van der Waals surface area contributed by atoms with Crippen LogP contribution >= 0.6 is 27.5 Å². The molecule has 0 unspecified atom stereocenters. The Balaban J connectivity index is 1.64. The molecular formula is C30H31BrClNO6S. The van der Waals surface area contributed by atoms with Crippen LogP contribution in [0.3, 0.4) is 0 Å². The number of hydrogen-bond donors (Lipinski definition) is 1. The van der Waals surface area contributed by atoms with Gasteiger partial charge in [0.05, 0.1) is 11.6 Å². The van der Waals surface area contributed by atoms with Gasteiger partial charge in [-0.1, -0.05) is 39.3 Å². The second kappa shape index (κ2) is 10.0. The lowest BCUT2D eigenvalue weighted by Crippen LogP contribution is -2.42. The van der Waals surface area contributed by atoms with E-state index in [1.54, 1.807) is 12.1 Å². The van der Waals surface area contributed by atoms with Gasteiger partial charge in [-0.25, -0.2) is 0 Å². The molecule has 0 saturated carbocycles. The highest BCUT2D eigenvalue weighted by Crippen LogP contribution is 2.52. The summed E-state index contributed by atoms with van der Waals surface area (Å²) in [7, 11) is -2.80. The molecular weight excluding hydrogens is 618 g/mol. The number of methoxy groups -OCH3 is 1. The first kappa shape index (κ1) is 28.9. The van der Waals surface area contributed by atoms with Gasteiger partial charge in [0.1, 0.15) is 4.90 Å². The first-order valence-electron chi connectivity index (χ1n) is 13.0. The van der Waals surface area contributed by atoms with Crippen LogP contribution < -0.4 is 14.2 Å². The van der Waals surface area contributed by atoms with Gasteiger partial charge in [0, 0.05) is 46.3 Å². The number of carbonyl (C=O) groups is 2. The molecule has 7 nitrogen and oxygen atoms in total. The van der Waals surface area contributed by atoms with E-state index in [0.717, 1.165) is 11.4 Å². The highest BCUT2D eigenvalue weighted by molar-refractivity contribution is 9.10. The number of carbonyl (C=O) groups excluding carboxylic acids is 2. The average molecular weight is 649 g/mol. The van der Waals surface area contributed by atoms with E-state index in [0.29, 0.717) is 51.9 Å². The summed E-state index contributed by atoms with van der Waals surface area (Å²) in [6.07, 6.45) is 2.08. The molecule has 5 rings (SSSR count). The summed E-state index contributed by atoms with van der Waals surface area (Å²) < 4.78 is 37.5. The summed E-state index contributed by atoms with van der Waals surface area (Å²) in [5.41, 5.74) is 3.07. The maximum atomic E-state index is 13.6. The molecule has 1 aliphatic heterocycles. The maximum absolute atomic E-state index is 13.6. The molecule has 2 aromatic carbocycles. The molecule has 1 N–H and O–H groups in total. The summed E-state index contributed by atoms with van der Waals surface area (Å²) in [5, 5.41) is 3.89. The molecule has 0 fully saturated rings. The van der Waals surface area contributed by atoms with Gasteiger partial charge in [-0.15, -0.1) is 0 Å². The summed E-state index contributed by atoms with van der Waals surface area (Å²) >= 11 is 9.39. The Morgan fingerprint density at radius 3 is 1.93 bits per heavy atom. The lowest BCUT2D eigenvalue weighted by atomic mass is 9.64. The number of halogens is 2. The molecule has 0 aromatic heterocycles. The predicted octanol–water partition coefficient (Wildman–Crippen LogP) is 6.85. The van der Waals surface area contributed by atoms with Crippen molar-refractivity contribution in [3.8, 4) is 11.5 Å². The normalized spacial score (nSPS) is 20.6. The smallest absolute Gasteiger partial charge is 0.339 e. The van der Waals surface area contributed by atoms with Crippen LogP contribution in [0.5, 0.6) is 11.5 Å². The Morgan fingerprint density at radius 2 is 1.43 bits per heavy atom. The van der Waals surface area contributed by atoms with Gasteiger partial charge >= 0.3 is 10.1 Å². The minimum Gasteiger partial charge on any atom is -0.493 e. The number of dihydropyridines is 1. The highest BCUT2D eigenvalue weighted by atomic mass is 79.9. The van der Waals surface area contributed by atoms with Gasteiger partial charge in [-0.05, 0) is 81.6 Å². The van der Waals surface area contributed by atoms with Crippen molar-refractivity contribution in [3.63, 3.8) is 0 Å². The Morgan fingerprint density at radius 1 is 0.900 bits per heavy atom. The van der Waals surface area contributed by atoms with Gasteiger partial charge in [-0.3, -0.25) is 9.59 Å². The lowest BCUT2D eigenvalue weighted by molar-refractivity contribution is -0.119. The zero-order valence-electron chi connectivity index (χ0n) is 23.0. The molecule has 2 aliphatic carbocycles. The number of ether oxygens (including phenoxy) is 1. The van der Waals surface area contributed by atoms with E-state index in [-0.39, 0.29) is 38.8 Å². The Labute approximate surface area is 248 Å². The molecule has 0 radical (unpaired) electrons. The molecule has 10 heteroatoms. The molecule has 0 saturated heterocycles. The number of Topliss-reactive ketones (excluding diaryl/α,β-unsaturated/α-hetero) is 2. The fraction of sp³-hybridized carbons (Fsp3) is 0.400. The number of allylic oxidation sites excluding steroid dienone is 4. The molecule has 212 valence electrons. The molecule has 0 spiro atoms. The first-order chi connectivity index (χ1) is 18.6. The van der Waals surface area contributed by atoms with E-state index in [1.165, 1.54) is 31.4 Å². The van der Waals surface area contributed by atoms with E-state index in [1.807, 2.05) is 0 Å². The van der Waals surface area contributed by atoms with Crippen molar-refractivity contribution in [2.24, 2.45) is 10.8 Å². The number of benzene rings is 2. The van der Waals surface area contributed by atoms with E-state index in [2.05, 4.69) is 48.9 Å². The number of hydrogen-bond acceptors (Lipinski definition) is 7. The van der Waals surface area contributed by atoms with E-state index >= 15 is 0 Å². The second-order valence-electron chi connectivity index (χ2n) is 12.2. The fourth-order valence-electron chi connectivity index (χ4n) is 5.97. The largest absolute Gasteiger partial charge is 0.493 e. The monoisotopic (exact) mass is 647 g/mol. The molecule has 3 aliphatic rings. The number of ketones is 2. The number of rotatable bonds is 5. The second-order valence-corrected chi connectivity index (χ2v) is 15.1. The molecule has 0 bridgehead atoms. The first-order valence-corrected chi connectivity index (χ1v) is 15.6. The van der Waals surface area contributed by atoms with Gasteiger partial charge < -0.3 is 14.2 Å². The third kappa shape index (κ3) is 5.35. The average Bonchev–Trinajstić information content (AvgIpc) is 2.82. The molecule has 0 amide bonds. The standard InChI is InChI=1S/C30H31BrClNO6S/c1-29(2)12-20-26(22(34)14-29)25(27-21(33-20)13-30(3,4)15-23(27)35)16-10-19(31)28(24(11-16)38-5)39-40(36,37)18-8-6-17(32)7-9-18/h6-11,25,33H,12-15H2,1-5H3. The zero-order chi connectivity index (χ0) is 29.2. The van der Waals surface area contributed by atoms with Crippen LogP contribution in [0.2, 0.25) is 5.02 Å². The van der Waals surface area contributed by atoms with Crippen molar-refractivity contribution < 1.29 is 26.9 Å². The van der Waals surface area contributed by atoms with Crippen molar-refractivity contribution in [3.05, 3.63) is 74.0 Å². The van der Waals surface area contributed by atoms with Crippen LogP contribution in [-0.2, 0) is 19.7 Å². The van der Waals surface area contributed by atoms with Crippen molar-refractivity contribution in [2.45, 2.75) is 64.2 Å². The summed E-state index contributed by atoms with van der Waals surface area (Å²) in [4.78, 5) is 27.2. The molecule has 0 atom stereocenters. The topological polar surface area (TPSA) is 98.8 Å². The van der Waals surface area contributed by atoms with Gasteiger partial charge in [-0.2, -0.15) is 8.42 Å². The molecule has 2 aromatic rings. The zero-order valence-corrected chi connectivity index (χ0v) is 26.1. The van der Waals surface area contributed by atoms with E-state index < -0.39 is 16.0 Å². The van der Waals surface area contributed by atoms with Crippen LogP contribution in [-0.4, -0.2) is 27.1 Å². The van der Waals surface area contributed by atoms with Crippen LogP contribution in [0.4, 0.5) is 0 Å². The fourth-order valence-corrected chi connectivity index (χ4v) is 7.70. The van der Waals surface area contributed by atoms with Crippen molar-refractivity contribution in [1.29, 1.82) is 0 Å². The van der Waals surface area contributed by atoms with Crippen molar-refractivity contribution in [2.75, 3.05) is 7.11 Å². The molecule has 1 heterocycles. The summed E-state index contributed by atoms with van der Waals surface area (Å²) in [5.74, 6) is -0.504. The van der Waals surface area contributed by atoms with E-state index in [9.17, 15) is 18.0 Å². The van der Waals surface area contributed by atoms with Crippen LogP contribution in [0, 0.1) is 10.8 Å². The third-order valence-corrected chi connectivity index (χ3v) is 9.68. The van der Waals surface area contributed by atoms with Crippen LogP contribution in [0.15, 0.2) is 68.3 Å². The van der Waals surface area contributed by atoms with Gasteiger partial charge in [0.25, 0.3) is 0 Å². The lowest BCUT2D eigenvalue weighted by Gasteiger charge is -2.44. The minimum atomic E-state index is -4.21. The van der Waals surface area contributed by atoms with Crippen molar-refractivity contribution in [1.82, 2.24) is 5.32 Å². The minimum absolute atomic E-state index is 0.00587. The summed E-state index contributed by atoms with van der Waals surface area (Å²) in [6.45, 7) is 8.27. The van der Waals surface area contributed by atoms with Gasteiger partial charge in [0.2, 0.25) is 0 Å². The Kier molecular flexibility index (Phi) is 7.25. The highest BCUT2D eigenvalue weighted by Gasteiger charge is 2.46.